The Kier molecular flexibility index (Phi) is 8.61. The summed E-state index contributed by atoms with van der Waals surface area (Å²) in [6.07, 6.45) is 0. The maximum Gasteiger partial charge on any atom is 1.00 e. The number of carboxylic acid groups (broad SMARTS) is 1. The molecule has 0 bridgehead atoms. The van der Waals surface area contributed by atoms with Crippen molar-refractivity contribution in [3.63, 3.8) is 0 Å². The molecule has 0 heterocycles. The molecule has 0 amide bonds. The van der Waals surface area contributed by atoms with E-state index in [1.807, 2.05) is 0 Å². The zero-order valence-electron chi connectivity index (χ0n) is 3.32. The fraction of sp³-hybridized carbons (Fsp3) is 0. The Morgan fingerprint density at radius 2 is 1.80 bits per heavy atom. The maximum absolute atomic E-state index is 8.95. The van der Waals surface area contributed by atoms with Crippen LogP contribution >= 0.6 is 0 Å². The predicted molar refractivity (Wildman–Crippen MR) is 15.3 cm³/mol. The number of rotatable bonds is 0. The first kappa shape index (κ1) is 9.19. The molecular weight excluding hydrogens is 95.1 g/mol. The fourth-order valence-corrected chi connectivity index (χ4v) is 0. The summed E-state index contributed by atoms with van der Waals surface area (Å²) in [5, 5.41) is 8.95. The van der Waals surface area contributed by atoms with E-state index in [-0.39, 0.29) is 39.8 Å². The average molecular weight is 98.1 g/mol. The van der Waals surface area contributed by atoms with Crippen LogP contribution in [-0.2, 0) is 0 Å². The molecule has 5 heavy (non-hydrogen) atoms. The van der Waals surface area contributed by atoms with E-state index in [9.17, 15) is 0 Å². The molecule has 0 aromatic heterocycles. The minimum Gasteiger partial charge on any atom is -0.556 e. The first-order chi connectivity index (χ1) is 1.73. The van der Waals surface area contributed by atoms with Gasteiger partial charge in [-0.05, 0) is 0 Å². The summed E-state index contributed by atoms with van der Waals surface area (Å²) in [5.41, 5.74) is -0.944. The molecule has 0 atom stereocenters. The van der Waals surface area contributed by atoms with Gasteiger partial charge in [-0.3, -0.25) is 0 Å². The summed E-state index contributed by atoms with van der Waals surface area (Å²) < 4.78 is 0. The topological polar surface area (TPSA) is 40.1 Å². The summed E-state index contributed by atoms with van der Waals surface area (Å²) in [6.45, 7) is 0. The van der Waals surface area contributed by atoms with Crippen molar-refractivity contribution >= 4 is 15.8 Å². The van der Waals surface area contributed by atoms with Crippen LogP contribution in [0.4, 0.5) is 4.79 Å². The molecule has 24 valence electrons. The van der Waals surface area contributed by atoms with Gasteiger partial charge in [0.05, 0.1) is 10.2 Å². The minimum atomic E-state index is -0.944. The molecule has 0 spiro atoms. The molecule has 0 fully saturated rings. The molecule has 2 nitrogen and oxygen atoms in total. The van der Waals surface area contributed by atoms with Crippen LogP contribution in [0, 0.1) is 0 Å². The SMILES string of the molecule is O=C([O-])[SiH3].[Na+]. The summed E-state index contributed by atoms with van der Waals surface area (Å²) >= 11 is 0. The third-order valence-corrected chi connectivity index (χ3v) is 0. The zero-order chi connectivity index (χ0) is 3.58. The summed E-state index contributed by atoms with van der Waals surface area (Å²) in [6, 6.07) is 0. The molecule has 0 radical (unpaired) electrons. The number of carbonyl (C=O) groups is 1. The molecule has 0 aliphatic carbocycles. The maximum atomic E-state index is 8.95. The van der Waals surface area contributed by atoms with E-state index in [4.69, 9.17) is 9.90 Å². The first-order valence-electron chi connectivity index (χ1n) is 0.908. The standard InChI is InChI=1S/CH4O2Si.Na/c2-1(3)4;/h4H3,(H,2,3);/q;+1/p-1. The molecule has 4 heteroatoms. The molecule has 0 aliphatic rings. The van der Waals surface area contributed by atoms with Gasteiger partial charge in [0.15, 0.2) is 0 Å². The van der Waals surface area contributed by atoms with Gasteiger partial charge in [0.25, 0.3) is 0 Å². The van der Waals surface area contributed by atoms with Gasteiger partial charge in [-0.1, -0.05) is 0 Å². The van der Waals surface area contributed by atoms with Crippen LogP contribution in [0.15, 0.2) is 0 Å². The Morgan fingerprint density at radius 3 is 1.80 bits per heavy atom. The van der Waals surface area contributed by atoms with Crippen molar-refractivity contribution in [2.45, 2.75) is 0 Å². The quantitative estimate of drug-likeness (QED) is 0.284. The Hall–Kier alpha value is 0.687. The summed E-state index contributed by atoms with van der Waals surface area (Å²) in [5.74, 6) is 0. The normalized spacial score (nSPS) is 5.60. The average Bonchev–Trinajstić information content (AvgIpc) is 0.811. The van der Waals surface area contributed by atoms with E-state index in [1.54, 1.807) is 0 Å². The van der Waals surface area contributed by atoms with Gasteiger partial charge in [0.2, 0.25) is 0 Å². The van der Waals surface area contributed by atoms with Crippen LogP contribution in [0.2, 0.25) is 0 Å². The van der Waals surface area contributed by atoms with Gasteiger partial charge < -0.3 is 9.90 Å². The monoisotopic (exact) mass is 98.0 g/mol. The van der Waals surface area contributed by atoms with E-state index >= 15 is 0 Å². The first-order valence-corrected chi connectivity index (χ1v) is 1.91. The predicted octanol–water partition coefficient (Wildman–Crippen LogP) is -5.30. The minimum absolute atomic E-state index is 0. The molecule has 0 aromatic carbocycles. The van der Waals surface area contributed by atoms with Gasteiger partial charge >= 0.3 is 29.6 Å². The van der Waals surface area contributed by atoms with Gasteiger partial charge in [-0.2, -0.15) is 0 Å². The Balaban J connectivity index is 0. The molecule has 0 aliphatic heterocycles. The smallest absolute Gasteiger partial charge is 0.556 e. The molecule has 0 rings (SSSR count). The van der Waals surface area contributed by atoms with E-state index in [2.05, 4.69) is 0 Å². The number of hydrogen-bond donors (Lipinski definition) is 0. The Labute approximate surface area is 55.3 Å². The molecule has 0 aromatic rings. The van der Waals surface area contributed by atoms with E-state index in [0.717, 1.165) is 0 Å². The second-order valence-corrected chi connectivity index (χ2v) is 1.31. The van der Waals surface area contributed by atoms with Crippen LogP contribution in [0.1, 0.15) is 0 Å². The van der Waals surface area contributed by atoms with Gasteiger partial charge in [0.1, 0.15) is 0 Å². The van der Waals surface area contributed by atoms with Crippen LogP contribution in [0.5, 0.6) is 0 Å². The van der Waals surface area contributed by atoms with E-state index in [1.165, 1.54) is 0 Å². The second-order valence-electron chi connectivity index (χ2n) is 0.492. The van der Waals surface area contributed by atoms with Crippen LogP contribution < -0.4 is 34.7 Å². The van der Waals surface area contributed by atoms with Gasteiger partial charge in [-0.25, -0.2) is 0 Å². The molecule has 0 saturated carbocycles. The Bertz CT molecular complexity index is 32.6. The number of hydrogen-bond acceptors (Lipinski definition) is 2. The van der Waals surface area contributed by atoms with Crippen LogP contribution in [0.3, 0.4) is 0 Å². The van der Waals surface area contributed by atoms with Crippen molar-refractivity contribution in [3.8, 4) is 0 Å². The van der Waals surface area contributed by atoms with Crippen molar-refractivity contribution in [2.75, 3.05) is 0 Å². The van der Waals surface area contributed by atoms with Crippen molar-refractivity contribution in [3.05, 3.63) is 0 Å². The zero-order valence-corrected chi connectivity index (χ0v) is 7.32. The van der Waals surface area contributed by atoms with Gasteiger partial charge in [0, 0.05) is 5.59 Å². The second kappa shape index (κ2) is 4.69. The summed E-state index contributed by atoms with van der Waals surface area (Å²) in [7, 11) is 0.154. The number of carbonyl (C=O) groups excluding carboxylic acids is 1. The van der Waals surface area contributed by atoms with E-state index < -0.39 is 5.59 Å². The third-order valence-electron chi connectivity index (χ3n) is 0. The van der Waals surface area contributed by atoms with Crippen LogP contribution in [-0.4, -0.2) is 15.8 Å². The fourth-order valence-electron chi connectivity index (χ4n) is 0. The molecule has 0 unspecified atom stereocenters. The largest absolute Gasteiger partial charge is 1.00 e. The molecular formula is CH3NaO2Si. The Morgan fingerprint density at radius 1 is 1.80 bits per heavy atom. The van der Waals surface area contributed by atoms with Crippen molar-refractivity contribution in [1.82, 2.24) is 0 Å². The summed E-state index contributed by atoms with van der Waals surface area (Å²) in [4.78, 5) is 8.95. The van der Waals surface area contributed by atoms with Crippen LogP contribution in [0.25, 0.3) is 0 Å². The van der Waals surface area contributed by atoms with Crippen molar-refractivity contribution in [2.24, 2.45) is 0 Å². The van der Waals surface area contributed by atoms with E-state index in [0.29, 0.717) is 0 Å². The van der Waals surface area contributed by atoms with Gasteiger partial charge in [-0.15, -0.1) is 0 Å². The molecule has 0 N–H and O–H groups in total. The van der Waals surface area contributed by atoms with Crippen molar-refractivity contribution < 1.29 is 39.5 Å². The van der Waals surface area contributed by atoms with Crippen molar-refractivity contribution in [1.29, 1.82) is 0 Å². The third kappa shape index (κ3) is 71.7. The molecule has 0 saturated heterocycles.